The normalized spacial score (nSPS) is 11.3. The summed E-state index contributed by atoms with van der Waals surface area (Å²) in [4.78, 5) is 44.1. The van der Waals surface area contributed by atoms with Gasteiger partial charge in [0.25, 0.3) is 5.91 Å². The van der Waals surface area contributed by atoms with E-state index in [4.69, 9.17) is 5.11 Å². The highest BCUT2D eigenvalue weighted by molar-refractivity contribution is 5.96. The Hall–Kier alpha value is -2.16. The van der Waals surface area contributed by atoms with Crippen LogP contribution < -0.4 is 16.0 Å². The smallest absolute Gasteiger partial charge is 0.329 e. The Morgan fingerprint density at radius 3 is 2.40 bits per heavy atom. The van der Waals surface area contributed by atoms with E-state index in [0.29, 0.717) is 6.54 Å². The standard InChI is InChI=1S/C11H19N3O6/c1-3-4-12-10(18)7(2)13-11(19)14-8(15)5-20-6-9(16)17/h7H,3-6H2,1-2H3,(H,12,18)(H,16,17)(H2,13,14,15,19). The van der Waals surface area contributed by atoms with Crippen LogP contribution in [0.4, 0.5) is 4.79 Å². The molecule has 0 saturated heterocycles. The molecule has 0 aliphatic carbocycles. The molecule has 4 N–H and O–H groups in total. The summed E-state index contributed by atoms with van der Waals surface area (Å²) in [5.74, 6) is -2.38. The van der Waals surface area contributed by atoms with Crippen molar-refractivity contribution >= 4 is 23.8 Å². The van der Waals surface area contributed by atoms with Crippen LogP contribution in [-0.4, -0.2) is 54.7 Å². The summed E-state index contributed by atoms with van der Waals surface area (Å²) in [6.07, 6.45) is 0.768. The third-order valence-corrected chi connectivity index (χ3v) is 2.00. The Bertz CT molecular complexity index is 371. The number of nitrogens with one attached hydrogen (secondary N) is 3. The number of aliphatic carboxylic acids is 1. The molecule has 0 spiro atoms. The molecule has 1 unspecified atom stereocenters. The highest BCUT2D eigenvalue weighted by atomic mass is 16.5. The molecule has 0 aliphatic rings. The van der Waals surface area contributed by atoms with Gasteiger partial charge in [-0.3, -0.25) is 14.9 Å². The van der Waals surface area contributed by atoms with Gasteiger partial charge in [0.1, 0.15) is 19.3 Å². The Morgan fingerprint density at radius 1 is 1.20 bits per heavy atom. The molecular formula is C11H19N3O6. The van der Waals surface area contributed by atoms with Gasteiger partial charge < -0.3 is 20.5 Å². The van der Waals surface area contributed by atoms with Gasteiger partial charge in [-0.05, 0) is 13.3 Å². The number of imide groups is 1. The molecule has 0 fully saturated rings. The Balaban J connectivity index is 3.94. The lowest BCUT2D eigenvalue weighted by atomic mass is 10.3. The number of carbonyl (C=O) groups is 4. The number of hydrogen-bond acceptors (Lipinski definition) is 5. The maximum Gasteiger partial charge on any atom is 0.329 e. The van der Waals surface area contributed by atoms with Crippen LogP contribution in [0, 0.1) is 0 Å². The van der Waals surface area contributed by atoms with Crippen molar-refractivity contribution in [2.45, 2.75) is 26.3 Å². The first-order valence-corrected chi connectivity index (χ1v) is 6.04. The zero-order valence-electron chi connectivity index (χ0n) is 11.4. The molecule has 20 heavy (non-hydrogen) atoms. The molecule has 114 valence electrons. The van der Waals surface area contributed by atoms with E-state index in [2.05, 4.69) is 15.4 Å². The molecule has 0 heterocycles. The lowest BCUT2D eigenvalue weighted by molar-refractivity contribution is -0.143. The molecule has 0 saturated carbocycles. The zero-order valence-corrected chi connectivity index (χ0v) is 11.4. The first kappa shape index (κ1) is 17.8. The quantitative estimate of drug-likeness (QED) is 0.445. The van der Waals surface area contributed by atoms with Crippen LogP contribution in [0.1, 0.15) is 20.3 Å². The topological polar surface area (TPSA) is 134 Å². The van der Waals surface area contributed by atoms with Crippen molar-refractivity contribution in [1.29, 1.82) is 0 Å². The van der Waals surface area contributed by atoms with E-state index in [1.807, 2.05) is 12.2 Å². The second-order valence-corrected chi connectivity index (χ2v) is 3.92. The van der Waals surface area contributed by atoms with Crippen LogP contribution in [0.2, 0.25) is 0 Å². The lowest BCUT2D eigenvalue weighted by Gasteiger charge is -2.13. The minimum Gasteiger partial charge on any atom is -0.480 e. The summed E-state index contributed by atoms with van der Waals surface area (Å²) in [6.45, 7) is 2.66. The van der Waals surface area contributed by atoms with E-state index in [-0.39, 0.29) is 5.91 Å². The maximum atomic E-state index is 11.4. The minimum absolute atomic E-state index is 0.364. The van der Waals surface area contributed by atoms with Gasteiger partial charge in [0.15, 0.2) is 0 Å². The maximum absolute atomic E-state index is 11.4. The molecule has 0 aliphatic heterocycles. The van der Waals surface area contributed by atoms with Gasteiger partial charge in [-0.15, -0.1) is 0 Å². The number of rotatable bonds is 8. The van der Waals surface area contributed by atoms with Gasteiger partial charge in [-0.2, -0.15) is 0 Å². The monoisotopic (exact) mass is 289 g/mol. The van der Waals surface area contributed by atoms with E-state index >= 15 is 0 Å². The van der Waals surface area contributed by atoms with Gasteiger partial charge in [-0.1, -0.05) is 6.92 Å². The molecule has 0 aromatic carbocycles. The van der Waals surface area contributed by atoms with Crippen LogP contribution in [0.5, 0.6) is 0 Å². The highest BCUT2D eigenvalue weighted by Crippen LogP contribution is 1.84. The largest absolute Gasteiger partial charge is 0.480 e. The number of urea groups is 1. The van der Waals surface area contributed by atoms with Crippen LogP contribution in [-0.2, 0) is 19.1 Å². The summed E-state index contributed by atoms with van der Waals surface area (Å²) >= 11 is 0. The summed E-state index contributed by atoms with van der Waals surface area (Å²) in [6, 6.07) is -1.65. The van der Waals surface area contributed by atoms with E-state index < -0.39 is 37.2 Å². The SMILES string of the molecule is CCCNC(=O)C(C)NC(=O)NC(=O)COCC(=O)O. The summed E-state index contributed by atoms with van der Waals surface area (Å²) < 4.78 is 4.49. The van der Waals surface area contributed by atoms with Crippen LogP contribution in [0.3, 0.4) is 0 Å². The number of hydrogen-bond donors (Lipinski definition) is 4. The second kappa shape index (κ2) is 9.73. The Morgan fingerprint density at radius 2 is 1.85 bits per heavy atom. The van der Waals surface area contributed by atoms with Crippen LogP contribution >= 0.6 is 0 Å². The fourth-order valence-electron chi connectivity index (χ4n) is 1.09. The number of carbonyl (C=O) groups excluding carboxylic acids is 3. The third-order valence-electron chi connectivity index (χ3n) is 2.00. The molecule has 9 nitrogen and oxygen atoms in total. The fourth-order valence-corrected chi connectivity index (χ4v) is 1.09. The number of ether oxygens (including phenoxy) is 1. The van der Waals surface area contributed by atoms with Gasteiger partial charge in [0.2, 0.25) is 5.91 Å². The van der Waals surface area contributed by atoms with Gasteiger partial charge in [0.05, 0.1) is 0 Å². The number of carboxylic acids is 1. The molecule has 0 radical (unpaired) electrons. The van der Waals surface area contributed by atoms with Gasteiger partial charge >= 0.3 is 12.0 Å². The van der Waals surface area contributed by atoms with Crippen molar-refractivity contribution in [1.82, 2.24) is 16.0 Å². The zero-order chi connectivity index (χ0) is 15.5. The second-order valence-electron chi connectivity index (χ2n) is 3.92. The van der Waals surface area contributed by atoms with E-state index in [1.165, 1.54) is 6.92 Å². The molecule has 0 aromatic heterocycles. The highest BCUT2D eigenvalue weighted by Gasteiger charge is 2.16. The van der Waals surface area contributed by atoms with E-state index in [0.717, 1.165) is 6.42 Å². The van der Waals surface area contributed by atoms with Crippen molar-refractivity contribution < 1.29 is 29.0 Å². The molecule has 0 aromatic rings. The van der Waals surface area contributed by atoms with E-state index in [1.54, 1.807) is 0 Å². The average Bonchev–Trinajstić information content (AvgIpc) is 2.34. The Labute approximate surface area is 116 Å². The summed E-state index contributed by atoms with van der Waals surface area (Å²) in [5, 5.41) is 15.0. The van der Waals surface area contributed by atoms with Crippen LogP contribution in [0.25, 0.3) is 0 Å². The number of amides is 4. The molecule has 0 bridgehead atoms. The average molecular weight is 289 g/mol. The van der Waals surface area contributed by atoms with Crippen LogP contribution in [0.15, 0.2) is 0 Å². The fraction of sp³-hybridized carbons (Fsp3) is 0.636. The third kappa shape index (κ3) is 8.86. The summed E-state index contributed by atoms with van der Waals surface area (Å²) in [5.41, 5.74) is 0. The van der Waals surface area contributed by atoms with Crippen molar-refractivity contribution in [2.75, 3.05) is 19.8 Å². The first-order valence-electron chi connectivity index (χ1n) is 6.04. The first-order chi connectivity index (χ1) is 9.36. The molecule has 0 rings (SSSR count). The molecule has 1 atom stereocenters. The van der Waals surface area contributed by atoms with Crippen molar-refractivity contribution in [3.63, 3.8) is 0 Å². The van der Waals surface area contributed by atoms with Crippen molar-refractivity contribution in [3.8, 4) is 0 Å². The predicted molar refractivity (Wildman–Crippen MR) is 67.9 cm³/mol. The van der Waals surface area contributed by atoms with Crippen molar-refractivity contribution in [3.05, 3.63) is 0 Å². The van der Waals surface area contributed by atoms with Gasteiger partial charge in [0, 0.05) is 6.54 Å². The Kier molecular flexibility index (Phi) is 8.68. The molecule has 9 heteroatoms. The summed E-state index contributed by atoms with van der Waals surface area (Å²) in [7, 11) is 0. The van der Waals surface area contributed by atoms with Gasteiger partial charge in [-0.25, -0.2) is 9.59 Å². The van der Waals surface area contributed by atoms with E-state index in [9.17, 15) is 19.2 Å². The minimum atomic E-state index is -1.22. The lowest BCUT2D eigenvalue weighted by Crippen LogP contribution is -2.50. The predicted octanol–water partition coefficient (Wildman–Crippen LogP) is -1.17. The van der Waals surface area contributed by atoms with Crippen molar-refractivity contribution in [2.24, 2.45) is 0 Å². The molecular weight excluding hydrogens is 270 g/mol. The molecule has 4 amide bonds. The number of carboxylic acid groups (broad SMARTS) is 1.